The topological polar surface area (TPSA) is 54.5 Å². The smallest absolute Gasteiger partial charge is 0.227 e. The number of amides is 1. The molecule has 1 unspecified atom stereocenters. The molecule has 0 spiro atoms. The predicted octanol–water partition coefficient (Wildman–Crippen LogP) is 2.84. The van der Waals surface area contributed by atoms with Crippen LogP contribution in [-0.2, 0) is 21.1 Å². The van der Waals surface area contributed by atoms with E-state index in [9.17, 15) is 17.6 Å². The van der Waals surface area contributed by atoms with Gasteiger partial charge in [0.05, 0.1) is 17.9 Å². The number of benzene rings is 1. The third-order valence-electron chi connectivity index (χ3n) is 4.11. The molecule has 0 N–H and O–H groups in total. The third-order valence-corrected chi connectivity index (χ3v) is 6.22. The lowest BCUT2D eigenvalue weighted by molar-refractivity contribution is -0.132. The molecule has 4 nitrogen and oxygen atoms in total. The van der Waals surface area contributed by atoms with Gasteiger partial charge in [-0.15, -0.1) is 0 Å². The highest BCUT2D eigenvalue weighted by atomic mass is 35.5. The quantitative estimate of drug-likeness (QED) is 0.782. The average Bonchev–Trinajstić information content (AvgIpc) is 2.83. The van der Waals surface area contributed by atoms with Gasteiger partial charge in [-0.3, -0.25) is 4.79 Å². The zero-order valence-corrected chi connectivity index (χ0v) is 14.7. The first kappa shape index (κ1) is 18.2. The van der Waals surface area contributed by atoms with Gasteiger partial charge in [0.2, 0.25) is 5.91 Å². The normalized spacial score (nSPS) is 19.7. The van der Waals surface area contributed by atoms with Gasteiger partial charge in [-0.1, -0.05) is 31.0 Å². The van der Waals surface area contributed by atoms with Crippen molar-refractivity contribution in [2.24, 2.45) is 0 Å². The largest absolute Gasteiger partial charge is 0.338 e. The van der Waals surface area contributed by atoms with Crippen LogP contribution in [0.5, 0.6) is 0 Å². The Hall–Kier alpha value is -1.14. The summed E-state index contributed by atoms with van der Waals surface area (Å²) in [6.45, 7) is 2.49. The summed E-state index contributed by atoms with van der Waals surface area (Å²) >= 11 is 5.98. The van der Waals surface area contributed by atoms with E-state index >= 15 is 0 Å². The molecule has 0 bridgehead atoms. The molecule has 2 rings (SSSR count). The molecule has 0 aliphatic carbocycles. The molecule has 0 radical (unpaired) electrons. The number of hydrogen-bond acceptors (Lipinski definition) is 3. The molecule has 0 saturated carbocycles. The average molecular weight is 362 g/mol. The van der Waals surface area contributed by atoms with Crippen molar-refractivity contribution < 1.29 is 17.6 Å². The number of rotatable bonds is 6. The van der Waals surface area contributed by atoms with Crippen LogP contribution in [-0.4, -0.2) is 43.3 Å². The number of carbonyl (C=O) groups is 1. The molecule has 1 saturated heterocycles. The van der Waals surface area contributed by atoms with Crippen molar-refractivity contribution in [3.8, 4) is 0 Å². The van der Waals surface area contributed by atoms with E-state index in [0.717, 1.165) is 12.8 Å². The Bertz CT molecular complexity index is 658. The summed E-state index contributed by atoms with van der Waals surface area (Å²) in [7, 11) is -3.08. The minimum atomic E-state index is -3.08. The Morgan fingerprint density at radius 1 is 1.43 bits per heavy atom. The summed E-state index contributed by atoms with van der Waals surface area (Å²) in [5.41, 5.74) is 0.168. The highest BCUT2D eigenvalue weighted by Gasteiger charge is 2.34. The third kappa shape index (κ3) is 4.67. The van der Waals surface area contributed by atoms with E-state index in [1.807, 2.05) is 6.92 Å². The van der Waals surface area contributed by atoms with E-state index in [1.54, 1.807) is 11.0 Å². The Morgan fingerprint density at radius 2 is 2.17 bits per heavy atom. The van der Waals surface area contributed by atoms with E-state index in [-0.39, 0.29) is 40.5 Å². The molecule has 1 heterocycles. The molecule has 128 valence electrons. The number of carbonyl (C=O) groups excluding carboxylic acids is 1. The molecule has 1 atom stereocenters. The number of unbranched alkanes of at least 4 members (excludes halogenated alkanes) is 1. The van der Waals surface area contributed by atoms with Gasteiger partial charge < -0.3 is 4.90 Å². The summed E-state index contributed by atoms with van der Waals surface area (Å²) < 4.78 is 37.3. The van der Waals surface area contributed by atoms with E-state index in [2.05, 4.69) is 0 Å². The minimum Gasteiger partial charge on any atom is -0.338 e. The Kier molecular flexibility index (Phi) is 6.03. The molecule has 1 aromatic carbocycles. The van der Waals surface area contributed by atoms with Crippen molar-refractivity contribution in [3.05, 3.63) is 34.6 Å². The molecule has 1 aliphatic heterocycles. The molecular formula is C16H21ClFNO3S. The van der Waals surface area contributed by atoms with Crippen molar-refractivity contribution in [3.63, 3.8) is 0 Å². The van der Waals surface area contributed by atoms with E-state index in [0.29, 0.717) is 13.0 Å². The van der Waals surface area contributed by atoms with Crippen LogP contribution in [0.3, 0.4) is 0 Å². The first-order valence-corrected chi connectivity index (χ1v) is 9.96. The fraction of sp³-hybridized carbons (Fsp3) is 0.562. The Balaban J connectivity index is 2.17. The maximum absolute atomic E-state index is 13.9. The van der Waals surface area contributed by atoms with Gasteiger partial charge in [0, 0.05) is 23.2 Å². The molecule has 1 fully saturated rings. The van der Waals surface area contributed by atoms with E-state index in [1.165, 1.54) is 12.1 Å². The molecule has 7 heteroatoms. The highest BCUT2D eigenvalue weighted by Crippen LogP contribution is 2.23. The van der Waals surface area contributed by atoms with Crippen LogP contribution < -0.4 is 0 Å². The van der Waals surface area contributed by atoms with Crippen molar-refractivity contribution in [2.45, 2.75) is 38.6 Å². The number of nitrogens with zero attached hydrogens (tertiary/aromatic N) is 1. The molecule has 23 heavy (non-hydrogen) atoms. The van der Waals surface area contributed by atoms with Crippen LogP contribution in [0.2, 0.25) is 5.02 Å². The molecule has 1 amide bonds. The summed E-state index contributed by atoms with van der Waals surface area (Å²) in [6.07, 6.45) is 1.98. The fourth-order valence-corrected chi connectivity index (χ4v) is 4.78. The second kappa shape index (κ2) is 7.62. The van der Waals surface area contributed by atoms with Gasteiger partial charge in [-0.25, -0.2) is 12.8 Å². The summed E-state index contributed by atoms with van der Waals surface area (Å²) in [5.74, 6) is -0.686. The monoisotopic (exact) mass is 361 g/mol. The second-order valence-electron chi connectivity index (χ2n) is 5.87. The lowest BCUT2D eigenvalue weighted by Crippen LogP contribution is -2.42. The van der Waals surface area contributed by atoms with Gasteiger partial charge >= 0.3 is 0 Å². The Morgan fingerprint density at radius 3 is 2.74 bits per heavy atom. The van der Waals surface area contributed by atoms with Crippen molar-refractivity contribution in [2.75, 3.05) is 18.1 Å². The molecular weight excluding hydrogens is 341 g/mol. The van der Waals surface area contributed by atoms with Crippen LogP contribution in [0.4, 0.5) is 4.39 Å². The van der Waals surface area contributed by atoms with Crippen LogP contribution in [0.15, 0.2) is 18.2 Å². The maximum atomic E-state index is 13.9. The molecule has 1 aliphatic rings. The van der Waals surface area contributed by atoms with Crippen LogP contribution >= 0.6 is 11.6 Å². The van der Waals surface area contributed by atoms with Crippen molar-refractivity contribution in [1.29, 1.82) is 0 Å². The van der Waals surface area contributed by atoms with Crippen molar-refractivity contribution in [1.82, 2.24) is 4.90 Å². The second-order valence-corrected chi connectivity index (χ2v) is 8.51. The van der Waals surface area contributed by atoms with Gasteiger partial charge in [-0.05, 0) is 25.0 Å². The van der Waals surface area contributed by atoms with Gasteiger partial charge in [0.1, 0.15) is 5.82 Å². The van der Waals surface area contributed by atoms with Crippen LogP contribution in [0, 0.1) is 5.82 Å². The Labute approximate surface area is 141 Å². The number of sulfone groups is 1. The van der Waals surface area contributed by atoms with Crippen LogP contribution in [0.25, 0.3) is 0 Å². The summed E-state index contributed by atoms with van der Waals surface area (Å²) in [6, 6.07) is 3.99. The van der Waals surface area contributed by atoms with Gasteiger partial charge in [0.15, 0.2) is 9.84 Å². The highest BCUT2D eigenvalue weighted by molar-refractivity contribution is 7.91. The maximum Gasteiger partial charge on any atom is 0.227 e. The molecule has 0 aromatic heterocycles. The fourth-order valence-electron chi connectivity index (χ4n) is 2.81. The number of halogens is 2. The zero-order chi connectivity index (χ0) is 17.0. The zero-order valence-electron chi connectivity index (χ0n) is 13.1. The SMILES string of the molecule is CCCCN(C(=O)Cc1c(F)cccc1Cl)C1CCS(=O)(=O)C1. The number of hydrogen-bond donors (Lipinski definition) is 0. The van der Waals surface area contributed by atoms with Crippen molar-refractivity contribution >= 4 is 27.3 Å². The molecule has 1 aromatic rings. The van der Waals surface area contributed by atoms with Gasteiger partial charge in [0.25, 0.3) is 0 Å². The van der Waals surface area contributed by atoms with E-state index in [4.69, 9.17) is 11.6 Å². The summed E-state index contributed by atoms with van der Waals surface area (Å²) in [4.78, 5) is 14.2. The summed E-state index contributed by atoms with van der Waals surface area (Å²) in [5, 5.41) is 0.216. The van der Waals surface area contributed by atoms with E-state index < -0.39 is 15.7 Å². The standard InChI is InChI=1S/C16H21ClFNO3S/c1-2-3-8-19(12-7-9-23(21,22)11-12)16(20)10-13-14(17)5-4-6-15(13)18/h4-6,12H,2-3,7-11H2,1H3. The predicted molar refractivity (Wildman–Crippen MR) is 88.8 cm³/mol. The first-order chi connectivity index (χ1) is 10.8. The lowest BCUT2D eigenvalue weighted by atomic mass is 10.1. The lowest BCUT2D eigenvalue weighted by Gasteiger charge is -2.28. The minimum absolute atomic E-state index is 0.00649. The first-order valence-electron chi connectivity index (χ1n) is 7.77. The van der Waals surface area contributed by atoms with Gasteiger partial charge in [-0.2, -0.15) is 0 Å². The van der Waals surface area contributed by atoms with Crippen LogP contribution in [0.1, 0.15) is 31.7 Å².